The Hall–Kier alpha value is -0.640. The molecule has 2 rings (SSSR count). The molecule has 2 aromatic carbocycles. The predicted molar refractivity (Wildman–Crippen MR) is 76.3 cm³/mol. The number of hydrogen-bond donors (Lipinski definition) is 0. The van der Waals surface area contributed by atoms with E-state index in [0.717, 1.165) is 20.0 Å². The summed E-state index contributed by atoms with van der Waals surface area (Å²) in [5, 5.41) is 0.706. The first-order valence-electron chi connectivity index (χ1n) is 4.96. The van der Waals surface area contributed by atoms with Gasteiger partial charge in [0.05, 0.1) is 12.1 Å². The zero-order chi connectivity index (χ0) is 12.3. The first-order valence-corrected chi connectivity index (χ1v) is 6.95. The molecule has 0 heterocycles. The third-order valence-corrected chi connectivity index (χ3v) is 4.22. The van der Waals surface area contributed by atoms with Crippen LogP contribution in [0, 0.1) is 0 Å². The van der Waals surface area contributed by atoms with Gasteiger partial charge in [-0.2, -0.15) is 0 Å². The molecule has 0 N–H and O–H groups in total. The standard InChI is InChI=1S/C13H10BrClOS/c1-16-10-4-7-13(12(15)8-10)17-11-5-2-9(14)3-6-11/h2-8H,1H3. The Bertz CT molecular complexity index is 513. The monoisotopic (exact) mass is 328 g/mol. The lowest BCUT2D eigenvalue weighted by Gasteiger charge is -2.06. The van der Waals surface area contributed by atoms with Crippen molar-refractivity contribution in [3.8, 4) is 5.75 Å². The van der Waals surface area contributed by atoms with Crippen molar-refractivity contribution in [1.82, 2.24) is 0 Å². The quantitative estimate of drug-likeness (QED) is 0.759. The Labute approximate surface area is 118 Å². The van der Waals surface area contributed by atoms with Gasteiger partial charge in [0.15, 0.2) is 0 Å². The van der Waals surface area contributed by atoms with E-state index in [4.69, 9.17) is 16.3 Å². The second-order valence-electron chi connectivity index (χ2n) is 3.35. The molecule has 0 aliphatic carbocycles. The molecular formula is C13H10BrClOS. The second-order valence-corrected chi connectivity index (χ2v) is 5.79. The molecule has 0 saturated carbocycles. The number of halogens is 2. The molecule has 4 heteroatoms. The number of rotatable bonds is 3. The lowest BCUT2D eigenvalue weighted by Crippen LogP contribution is -1.83. The average molecular weight is 330 g/mol. The van der Waals surface area contributed by atoms with E-state index in [-0.39, 0.29) is 0 Å². The van der Waals surface area contributed by atoms with Crippen molar-refractivity contribution in [1.29, 1.82) is 0 Å². The van der Waals surface area contributed by atoms with Crippen LogP contribution in [-0.2, 0) is 0 Å². The average Bonchev–Trinajstić information content (AvgIpc) is 2.34. The summed E-state index contributed by atoms with van der Waals surface area (Å²) in [7, 11) is 1.63. The smallest absolute Gasteiger partial charge is 0.120 e. The molecule has 88 valence electrons. The maximum atomic E-state index is 6.18. The van der Waals surface area contributed by atoms with Gasteiger partial charge in [-0.3, -0.25) is 0 Å². The van der Waals surface area contributed by atoms with Crippen LogP contribution in [0.4, 0.5) is 0 Å². The molecule has 0 atom stereocenters. The molecule has 1 nitrogen and oxygen atoms in total. The molecule has 0 bridgehead atoms. The Morgan fingerprint density at radius 1 is 1.12 bits per heavy atom. The van der Waals surface area contributed by atoms with Crippen molar-refractivity contribution in [3.05, 3.63) is 52.0 Å². The van der Waals surface area contributed by atoms with Crippen molar-refractivity contribution in [2.75, 3.05) is 7.11 Å². The minimum atomic E-state index is 0.706. The van der Waals surface area contributed by atoms with Crippen LogP contribution in [0.3, 0.4) is 0 Å². The Balaban J connectivity index is 2.21. The number of methoxy groups -OCH3 is 1. The molecule has 0 radical (unpaired) electrons. The van der Waals surface area contributed by atoms with E-state index >= 15 is 0 Å². The van der Waals surface area contributed by atoms with E-state index in [1.54, 1.807) is 18.9 Å². The van der Waals surface area contributed by atoms with Crippen LogP contribution in [0.2, 0.25) is 5.02 Å². The van der Waals surface area contributed by atoms with Crippen molar-refractivity contribution in [3.63, 3.8) is 0 Å². The van der Waals surface area contributed by atoms with Crippen molar-refractivity contribution in [2.24, 2.45) is 0 Å². The molecule has 0 unspecified atom stereocenters. The fourth-order valence-electron chi connectivity index (χ4n) is 1.32. The third-order valence-electron chi connectivity index (χ3n) is 2.18. The zero-order valence-electron chi connectivity index (χ0n) is 9.11. The van der Waals surface area contributed by atoms with Crippen LogP contribution in [0.25, 0.3) is 0 Å². The van der Waals surface area contributed by atoms with Gasteiger partial charge in [0.1, 0.15) is 5.75 Å². The molecule has 0 aliphatic heterocycles. The highest BCUT2D eigenvalue weighted by atomic mass is 79.9. The van der Waals surface area contributed by atoms with Gasteiger partial charge < -0.3 is 4.74 Å². The minimum Gasteiger partial charge on any atom is -0.497 e. The first kappa shape index (κ1) is 12.8. The lowest BCUT2D eigenvalue weighted by atomic mass is 10.3. The van der Waals surface area contributed by atoms with E-state index in [0.29, 0.717) is 5.02 Å². The highest BCUT2D eigenvalue weighted by Crippen LogP contribution is 2.35. The number of benzene rings is 2. The molecular weight excluding hydrogens is 320 g/mol. The van der Waals surface area contributed by atoms with Gasteiger partial charge in [0.25, 0.3) is 0 Å². The molecule has 0 spiro atoms. The predicted octanol–water partition coefficient (Wildman–Crippen LogP) is 5.26. The number of ether oxygens (including phenoxy) is 1. The fourth-order valence-corrected chi connectivity index (χ4v) is 2.69. The largest absolute Gasteiger partial charge is 0.497 e. The molecule has 2 aromatic rings. The maximum absolute atomic E-state index is 6.18. The van der Waals surface area contributed by atoms with E-state index in [9.17, 15) is 0 Å². The SMILES string of the molecule is COc1ccc(Sc2ccc(Br)cc2)c(Cl)c1. The summed E-state index contributed by atoms with van der Waals surface area (Å²) in [4.78, 5) is 2.18. The zero-order valence-corrected chi connectivity index (χ0v) is 12.3. The summed E-state index contributed by atoms with van der Waals surface area (Å²) in [6, 6.07) is 13.8. The summed E-state index contributed by atoms with van der Waals surface area (Å²) in [6.45, 7) is 0. The lowest BCUT2D eigenvalue weighted by molar-refractivity contribution is 0.414. The van der Waals surface area contributed by atoms with Crippen LogP contribution < -0.4 is 4.74 Å². The van der Waals surface area contributed by atoms with Crippen molar-refractivity contribution < 1.29 is 4.74 Å². The normalized spacial score (nSPS) is 10.3. The van der Waals surface area contributed by atoms with Gasteiger partial charge in [0.2, 0.25) is 0 Å². The summed E-state index contributed by atoms with van der Waals surface area (Å²) in [5.41, 5.74) is 0. The Morgan fingerprint density at radius 3 is 2.41 bits per heavy atom. The Morgan fingerprint density at radius 2 is 1.82 bits per heavy atom. The highest BCUT2D eigenvalue weighted by Gasteiger charge is 2.04. The third kappa shape index (κ3) is 3.41. The summed E-state index contributed by atoms with van der Waals surface area (Å²) in [6.07, 6.45) is 0. The molecule has 0 saturated heterocycles. The topological polar surface area (TPSA) is 9.23 Å². The van der Waals surface area contributed by atoms with E-state index in [1.165, 1.54) is 0 Å². The molecule has 0 fully saturated rings. The van der Waals surface area contributed by atoms with Crippen LogP contribution in [0.15, 0.2) is 56.7 Å². The second kappa shape index (κ2) is 5.80. The van der Waals surface area contributed by atoms with Gasteiger partial charge in [-0.1, -0.05) is 39.3 Å². The van der Waals surface area contributed by atoms with Gasteiger partial charge in [-0.25, -0.2) is 0 Å². The van der Waals surface area contributed by atoms with Crippen molar-refractivity contribution >= 4 is 39.3 Å². The number of hydrogen-bond acceptors (Lipinski definition) is 2. The van der Waals surface area contributed by atoms with Gasteiger partial charge in [0, 0.05) is 14.3 Å². The summed E-state index contributed by atoms with van der Waals surface area (Å²) < 4.78 is 6.19. The van der Waals surface area contributed by atoms with Crippen LogP contribution in [-0.4, -0.2) is 7.11 Å². The van der Waals surface area contributed by atoms with Gasteiger partial charge in [-0.05, 0) is 42.5 Å². The summed E-state index contributed by atoms with van der Waals surface area (Å²) >= 11 is 11.2. The highest BCUT2D eigenvalue weighted by molar-refractivity contribution is 9.10. The summed E-state index contributed by atoms with van der Waals surface area (Å²) in [5.74, 6) is 0.773. The molecule has 0 aliphatic rings. The van der Waals surface area contributed by atoms with Crippen LogP contribution in [0.1, 0.15) is 0 Å². The van der Waals surface area contributed by atoms with E-state index in [1.807, 2.05) is 30.3 Å². The molecule has 17 heavy (non-hydrogen) atoms. The van der Waals surface area contributed by atoms with Crippen LogP contribution >= 0.6 is 39.3 Å². The van der Waals surface area contributed by atoms with Crippen LogP contribution in [0.5, 0.6) is 5.75 Å². The maximum Gasteiger partial charge on any atom is 0.120 e. The fraction of sp³-hybridized carbons (Fsp3) is 0.0769. The van der Waals surface area contributed by atoms with Gasteiger partial charge in [-0.15, -0.1) is 0 Å². The van der Waals surface area contributed by atoms with Gasteiger partial charge >= 0.3 is 0 Å². The van der Waals surface area contributed by atoms with E-state index < -0.39 is 0 Å². The molecule has 0 aromatic heterocycles. The van der Waals surface area contributed by atoms with Crippen molar-refractivity contribution in [2.45, 2.75) is 9.79 Å². The minimum absolute atomic E-state index is 0.706. The first-order chi connectivity index (χ1) is 8.19. The Kier molecular flexibility index (Phi) is 4.37. The molecule has 0 amide bonds. The van der Waals surface area contributed by atoms with E-state index in [2.05, 4.69) is 28.1 Å².